The highest BCUT2D eigenvalue weighted by Gasteiger charge is 2.49. The number of para-hydroxylation sites is 1. The number of benzodiazepines with no additional fused rings is 1. The molecule has 2 amide bonds. The Morgan fingerprint density at radius 1 is 0.978 bits per heavy atom. The molecule has 45 heavy (non-hydrogen) atoms. The van der Waals surface area contributed by atoms with E-state index in [-0.39, 0.29) is 49.0 Å². The number of likely N-dealkylation sites (N-methyl/N-ethyl adjacent to an activating group) is 1. The zero-order chi connectivity index (χ0) is 33.5. The van der Waals surface area contributed by atoms with Gasteiger partial charge in [-0.1, -0.05) is 76.2 Å². The predicted octanol–water partition coefficient (Wildman–Crippen LogP) is 6.96. The van der Waals surface area contributed by atoms with Crippen LogP contribution < -0.4 is 10.2 Å². The summed E-state index contributed by atoms with van der Waals surface area (Å²) in [5, 5.41) is 2.70. The minimum absolute atomic E-state index is 0.0459. The highest BCUT2D eigenvalue weighted by Crippen LogP contribution is 2.42. The molecule has 2 atom stereocenters. The number of hydrogen-bond donors (Lipinski definition) is 1. The molecular weight excluding hydrogens is 583 g/mol. The van der Waals surface area contributed by atoms with Crippen molar-refractivity contribution in [3.63, 3.8) is 0 Å². The lowest BCUT2D eigenvalue weighted by atomic mass is 9.67. The molecular formula is C35H42F3N3O4. The zero-order valence-electron chi connectivity index (χ0n) is 26.5. The van der Waals surface area contributed by atoms with Crippen molar-refractivity contribution >= 4 is 29.2 Å². The molecule has 0 saturated heterocycles. The number of allylic oxidation sites excluding steroid dienone is 2. The molecule has 0 bridgehead atoms. The van der Waals surface area contributed by atoms with Crippen LogP contribution in [-0.4, -0.2) is 43.3 Å². The molecule has 242 valence electrons. The molecule has 1 N–H and O–H groups in total. The normalized spacial score (nSPS) is 16.0. The number of hydrogen-bond acceptors (Lipinski definition) is 5. The number of carbonyl (C=O) groups is 3. The van der Waals surface area contributed by atoms with E-state index >= 15 is 0 Å². The van der Waals surface area contributed by atoms with Crippen LogP contribution in [0, 0.1) is 23.2 Å². The Kier molecular flexibility index (Phi) is 11.5. The summed E-state index contributed by atoms with van der Waals surface area (Å²) < 4.78 is 48.2. The van der Waals surface area contributed by atoms with Crippen molar-refractivity contribution < 1.29 is 32.3 Å². The monoisotopic (exact) mass is 625 g/mol. The van der Waals surface area contributed by atoms with Crippen LogP contribution in [0.3, 0.4) is 0 Å². The molecule has 2 aromatic carbocycles. The summed E-state index contributed by atoms with van der Waals surface area (Å²) in [6.07, 6.45) is -2.76. The van der Waals surface area contributed by atoms with Gasteiger partial charge in [-0.3, -0.25) is 14.4 Å². The van der Waals surface area contributed by atoms with E-state index in [0.717, 1.165) is 6.07 Å². The molecule has 1 aliphatic rings. The van der Waals surface area contributed by atoms with Crippen molar-refractivity contribution in [1.82, 2.24) is 5.32 Å². The Morgan fingerprint density at radius 3 is 2.11 bits per heavy atom. The minimum Gasteiger partial charge on any atom is -0.465 e. The third kappa shape index (κ3) is 7.90. The number of halogens is 3. The summed E-state index contributed by atoms with van der Waals surface area (Å²) in [5.74, 6) is -2.90. The molecule has 0 aliphatic carbocycles. The molecule has 7 nitrogen and oxygen atoms in total. The average Bonchev–Trinajstić information content (AvgIpc) is 3.08. The first-order valence-electron chi connectivity index (χ1n) is 15.0. The van der Waals surface area contributed by atoms with E-state index in [2.05, 4.69) is 23.5 Å². The lowest BCUT2D eigenvalue weighted by molar-refractivity contribution is -0.164. The van der Waals surface area contributed by atoms with E-state index in [1.807, 2.05) is 27.7 Å². The van der Waals surface area contributed by atoms with Crippen LogP contribution in [0.25, 0.3) is 0 Å². The molecule has 0 saturated carbocycles. The van der Waals surface area contributed by atoms with Gasteiger partial charge in [-0.15, -0.1) is 13.2 Å². The number of benzene rings is 2. The second-order valence-corrected chi connectivity index (χ2v) is 12.2. The molecule has 0 spiro atoms. The summed E-state index contributed by atoms with van der Waals surface area (Å²) in [6, 6.07) is 11.5. The summed E-state index contributed by atoms with van der Waals surface area (Å²) >= 11 is 0. The molecule has 0 radical (unpaired) electrons. The van der Waals surface area contributed by atoms with Crippen molar-refractivity contribution in [3.05, 3.63) is 90.5 Å². The van der Waals surface area contributed by atoms with Gasteiger partial charge in [0.25, 0.3) is 5.91 Å². The van der Waals surface area contributed by atoms with Crippen LogP contribution in [0.4, 0.5) is 18.9 Å². The van der Waals surface area contributed by atoms with Crippen LogP contribution in [0.1, 0.15) is 63.6 Å². The number of ether oxygens (including phenoxy) is 1. The standard InChI is InChI=1S/C35H42F3N3O4/c1-8-18-34(19-9-2,33(44)45-21-23(5)6)27(20-22(3)4)31(42)40-30-32(43)41(7)28-17-13-11-15-25(28)29(39-30)24-14-10-12-16-26(24)35(36,37)38/h8-17,22-23,27,30H,1-2,18-21H2,3-7H3,(H,40,42)/t27-,30?/m0/s1. The van der Waals surface area contributed by atoms with Crippen molar-refractivity contribution in [2.45, 2.75) is 59.3 Å². The van der Waals surface area contributed by atoms with Gasteiger partial charge in [-0.25, -0.2) is 4.99 Å². The second-order valence-electron chi connectivity index (χ2n) is 12.2. The Labute approximate surface area is 263 Å². The van der Waals surface area contributed by atoms with Crippen molar-refractivity contribution in [1.29, 1.82) is 0 Å². The fraction of sp³-hybridized carbons (Fsp3) is 0.429. The van der Waals surface area contributed by atoms with Gasteiger partial charge in [0, 0.05) is 18.2 Å². The molecule has 0 fully saturated rings. The van der Waals surface area contributed by atoms with Gasteiger partial charge in [0.05, 0.1) is 34.9 Å². The highest BCUT2D eigenvalue weighted by atomic mass is 19.4. The summed E-state index contributed by atoms with van der Waals surface area (Å²) in [6.45, 7) is 15.4. The number of anilines is 1. The van der Waals surface area contributed by atoms with E-state index in [4.69, 9.17) is 4.74 Å². The lowest BCUT2D eigenvalue weighted by Crippen LogP contribution is -2.53. The van der Waals surface area contributed by atoms with Gasteiger partial charge in [0.2, 0.25) is 12.1 Å². The first kappa shape index (κ1) is 35.3. The van der Waals surface area contributed by atoms with E-state index in [1.165, 1.54) is 30.1 Å². The van der Waals surface area contributed by atoms with Crippen molar-refractivity contribution in [2.75, 3.05) is 18.6 Å². The van der Waals surface area contributed by atoms with E-state index < -0.39 is 47.0 Å². The predicted molar refractivity (Wildman–Crippen MR) is 170 cm³/mol. The van der Waals surface area contributed by atoms with Crippen LogP contribution in [0.5, 0.6) is 0 Å². The van der Waals surface area contributed by atoms with Crippen LogP contribution in [0.15, 0.2) is 78.8 Å². The molecule has 2 aromatic rings. The van der Waals surface area contributed by atoms with Crippen molar-refractivity contribution in [3.8, 4) is 0 Å². The quantitative estimate of drug-likeness (QED) is 0.193. The lowest BCUT2D eigenvalue weighted by Gasteiger charge is -2.38. The molecule has 3 rings (SSSR count). The topological polar surface area (TPSA) is 88.1 Å². The number of amides is 2. The molecule has 1 heterocycles. The number of aliphatic imine (C=N–C) groups is 1. The minimum atomic E-state index is -4.71. The summed E-state index contributed by atoms with van der Waals surface area (Å²) in [4.78, 5) is 47.6. The first-order valence-corrected chi connectivity index (χ1v) is 15.0. The molecule has 10 heteroatoms. The number of nitrogens with one attached hydrogen (secondary N) is 1. The Balaban J connectivity index is 2.19. The SMILES string of the molecule is C=CCC(CC=C)(C(=O)OCC(C)C)[C@@H](CC(C)C)C(=O)NC1N=C(c2ccccc2C(F)(F)F)c2ccccc2N(C)C1=O. The molecule has 0 aromatic heterocycles. The van der Waals surface area contributed by atoms with E-state index in [1.54, 1.807) is 36.4 Å². The number of alkyl halides is 3. The number of rotatable bonds is 13. The van der Waals surface area contributed by atoms with Gasteiger partial charge in [0.1, 0.15) is 0 Å². The Hall–Kier alpha value is -4.21. The number of fused-ring (bicyclic) bond motifs is 1. The maximum absolute atomic E-state index is 14.3. The largest absolute Gasteiger partial charge is 0.465 e. The summed E-state index contributed by atoms with van der Waals surface area (Å²) in [7, 11) is 1.48. The fourth-order valence-corrected chi connectivity index (χ4v) is 5.64. The number of carbonyl (C=O) groups excluding carboxylic acids is 3. The first-order chi connectivity index (χ1) is 21.2. The van der Waals surface area contributed by atoms with Gasteiger partial charge < -0.3 is 15.0 Å². The zero-order valence-corrected chi connectivity index (χ0v) is 26.5. The summed E-state index contributed by atoms with van der Waals surface area (Å²) in [5.41, 5.74) is -2.01. The maximum atomic E-state index is 14.3. The van der Waals surface area contributed by atoms with Crippen LogP contribution in [0.2, 0.25) is 0 Å². The molecule has 1 unspecified atom stereocenters. The average molecular weight is 626 g/mol. The Bertz CT molecular complexity index is 1440. The maximum Gasteiger partial charge on any atom is 0.417 e. The van der Waals surface area contributed by atoms with Gasteiger partial charge in [0.15, 0.2) is 0 Å². The number of esters is 1. The number of nitrogens with zero attached hydrogens (tertiary/aromatic N) is 2. The fourth-order valence-electron chi connectivity index (χ4n) is 5.64. The van der Waals surface area contributed by atoms with E-state index in [9.17, 15) is 27.6 Å². The Morgan fingerprint density at radius 2 is 1.56 bits per heavy atom. The molecule has 1 aliphatic heterocycles. The van der Waals surface area contributed by atoms with Crippen LogP contribution in [-0.2, 0) is 25.3 Å². The van der Waals surface area contributed by atoms with Gasteiger partial charge in [-0.05, 0) is 43.2 Å². The van der Waals surface area contributed by atoms with Crippen LogP contribution >= 0.6 is 0 Å². The second kappa shape index (κ2) is 14.7. The third-order valence-electron chi connectivity index (χ3n) is 7.77. The van der Waals surface area contributed by atoms with Gasteiger partial charge in [-0.2, -0.15) is 13.2 Å². The van der Waals surface area contributed by atoms with E-state index in [0.29, 0.717) is 11.3 Å². The third-order valence-corrected chi connectivity index (χ3v) is 7.77. The highest BCUT2D eigenvalue weighted by molar-refractivity contribution is 6.20. The smallest absolute Gasteiger partial charge is 0.417 e. The van der Waals surface area contributed by atoms with Crippen molar-refractivity contribution in [2.24, 2.45) is 28.2 Å². The van der Waals surface area contributed by atoms with Gasteiger partial charge >= 0.3 is 12.1 Å².